The summed E-state index contributed by atoms with van der Waals surface area (Å²) in [6.07, 6.45) is 0.0263. The standard InChI is InChI=1S/C14H16Cl2O3/c1-14(2,8-13(18)19)12(16)7-11(17)9-3-5-10(15)6-4-9/h3-6,12H,7-8H2,1-2H3,(H,18,19). The van der Waals surface area contributed by atoms with Gasteiger partial charge in [-0.3, -0.25) is 9.59 Å². The molecule has 0 aliphatic heterocycles. The van der Waals surface area contributed by atoms with Gasteiger partial charge in [-0.1, -0.05) is 25.4 Å². The summed E-state index contributed by atoms with van der Waals surface area (Å²) < 4.78 is 0. The molecule has 0 spiro atoms. The number of aliphatic carboxylic acids is 1. The van der Waals surface area contributed by atoms with E-state index in [1.807, 2.05) is 0 Å². The summed E-state index contributed by atoms with van der Waals surface area (Å²) in [6, 6.07) is 6.55. The number of carboxylic acid groups (broad SMARTS) is 1. The molecule has 0 saturated heterocycles. The Labute approximate surface area is 122 Å². The summed E-state index contributed by atoms with van der Waals surface area (Å²) in [5, 5.41) is 8.85. The first-order chi connectivity index (χ1) is 8.72. The summed E-state index contributed by atoms with van der Waals surface area (Å²) in [6.45, 7) is 3.49. The summed E-state index contributed by atoms with van der Waals surface area (Å²) in [5.74, 6) is -1.04. The molecule has 1 unspecified atom stereocenters. The van der Waals surface area contributed by atoms with Crippen LogP contribution in [0.2, 0.25) is 5.02 Å². The molecule has 0 aliphatic rings. The minimum atomic E-state index is -0.922. The monoisotopic (exact) mass is 302 g/mol. The van der Waals surface area contributed by atoms with Crippen molar-refractivity contribution in [2.75, 3.05) is 0 Å². The second kappa shape index (κ2) is 6.40. The lowest BCUT2D eigenvalue weighted by Crippen LogP contribution is -2.29. The fraction of sp³-hybridized carbons (Fsp3) is 0.429. The third kappa shape index (κ3) is 4.84. The number of Topliss-reactive ketones (excluding diaryl/α,β-unsaturated/α-hetero) is 1. The van der Waals surface area contributed by atoms with Gasteiger partial charge in [-0.2, -0.15) is 0 Å². The second-order valence-electron chi connectivity index (χ2n) is 5.16. The van der Waals surface area contributed by atoms with Crippen molar-refractivity contribution in [3.8, 4) is 0 Å². The average Bonchev–Trinajstić information content (AvgIpc) is 2.27. The van der Waals surface area contributed by atoms with E-state index in [0.717, 1.165) is 0 Å². The Kier molecular flexibility index (Phi) is 5.39. The zero-order valence-electron chi connectivity index (χ0n) is 10.8. The number of carbonyl (C=O) groups excluding carboxylic acids is 1. The minimum Gasteiger partial charge on any atom is -0.481 e. The van der Waals surface area contributed by atoms with Gasteiger partial charge < -0.3 is 5.11 Å². The van der Waals surface area contributed by atoms with Crippen molar-refractivity contribution < 1.29 is 14.7 Å². The number of hydrogen-bond donors (Lipinski definition) is 1. The van der Waals surface area contributed by atoms with Gasteiger partial charge in [0.2, 0.25) is 0 Å². The predicted octanol–water partition coefficient (Wildman–Crippen LogP) is 4.02. The van der Waals surface area contributed by atoms with Crippen molar-refractivity contribution in [2.45, 2.75) is 32.1 Å². The number of hydrogen-bond acceptors (Lipinski definition) is 2. The Bertz CT molecular complexity index is 466. The number of ketones is 1. The summed E-state index contributed by atoms with van der Waals surface area (Å²) in [5.41, 5.74) is -0.115. The van der Waals surface area contributed by atoms with E-state index in [1.165, 1.54) is 0 Å². The van der Waals surface area contributed by atoms with Gasteiger partial charge in [0, 0.05) is 22.4 Å². The van der Waals surface area contributed by atoms with Gasteiger partial charge in [-0.15, -0.1) is 11.6 Å². The molecule has 5 heteroatoms. The smallest absolute Gasteiger partial charge is 0.303 e. The van der Waals surface area contributed by atoms with Gasteiger partial charge in [0.1, 0.15) is 0 Å². The molecule has 19 heavy (non-hydrogen) atoms. The molecule has 1 atom stereocenters. The van der Waals surface area contributed by atoms with Crippen molar-refractivity contribution in [3.05, 3.63) is 34.9 Å². The van der Waals surface area contributed by atoms with Crippen molar-refractivity contribution in [1.29, 1.82) is 0 Å². The fourth-order valence-corrected chi connectivity index (χ4v) is 2.04. The number of benzene rings is 1. The highest BCUT2D eigenvalue weighted by molar-refractivity contribution is 6.30. The van der Waals surface area contributed by atoms with E-state index < -0.39 is 16.8 Å². The molecule has 0 heterocycles. The Morgan fingerprint density at radius 2 is 1.79 bits per heavy atom. The molecule has 1 aromatic carbocycles. The highest BCUT2D eigenvalue weighted by Crippen LogP contribution is 2.32. The Balaban J connectivity index is 2.71. The number of rotatable bonds is 6. The van der Waals surface area contributed by atoms with Gasteiger partial charge >= 0.3 is 5.97 Å². The molecule has 1 aromatic rings. The van der Waals surface area contributed by atoms with E-state index in [9.17, 15) is 9.59 Å². The molecule has 1 rings (SSSR count). The van der Waals surface area contributed by atoms with Crippen LogP contribution in [0, 0.1) is 5.41 Å². The molecule has 0 fully saturated rings. The van der Waals surface area contributed by atoms with Crippen LogP contribution in [0.1, 0.15) is 37.0 Å². The minimum absolute atomic E-state index is 0.0743. The third-order valence-electron chi connectivity index (χ3n) is 2.99. The van der Waals surface area contributed by atoms with Gasteiger partial charge in [-0.25, -0.2) is 0 Å². The van der Waals surface area contributed by atoms with Crippen molar-refractivity contribution in [3.63, 3.8) is 0 Å². The van der Waals surface area contributed by atoms with E-state index in [-0.39, 0.29) is 18.6 Å². The molecule has 0 aromatic heterocycles. The number of halogens is 2. The first kappa shape index (κ1) is 16.0. The number of carboxylic acids is 1. The summed E-state index contributed by atoms with van der Waals surface area (Å²) in [4.78, 5) is 22.8. The fourth-order valence-electron chi connectivity index (χ4n) is 1.69. The zero-order chi connectivity index (χ0) is 14.6. The van der Waals surface area contributed by atoms with Crippen molar-refractivity contribution >= 4 is 35.0 Å². The molecule has 3 nitrogen and oxygen atoms in total. The molecule has 104 valence electrons. The van der Waals surface area contributed by atoms with E-state index >= 15 is 0 Å². The van der Waals surface area contributed by atoms with Crippen LogP contribution in [0.4, 0.5) is 0 Å². The van der Waals surface area contributed by atoms with Crippen LogP contribution in [0.25, 0.3) is 0 Å². The molecule has 0 radical (unpaired) electrons. The quantitative estimate of drug-likeness (QED) is 0.638. The molecule has 0 aliphatic carbocycles. The van der Waals surface area contributed by atoms with Crippen molar-refractivity contribution in [1.82, 2.24) is 0 Å². The Hall–Kier alpha value is -1.06. The molecule has 0 amide bonds. The van der Waals surface area contributed by atoms with Crippen LogP contribution >= 0.6 is 23.2 Å². The van der Waals surface area contributed by atoms with Crippen LogP contribution in [0.5, 0.6) is 0 Å². The van der Waals surface area contributed by atoms with Gasteiger partial charge in [-0.05, 0) is 29.7 Å². The Morgan fingerprint density at radius 3 is 2.26 bits per heavy atom. The maximum absolute atomic E-state index is 12.0. The van der Waals surface area contributed by atoms with Crippen molar-refractivity contribution in [2.24, 2.45) is 5.41 Å². The maximum Gasteiger partial charge on any atom is 0.303 e. The van der Waals surface area contributed by atoms with E-state index in [2.05, 4.69) is 0 Å². The highest BCUT2D eigenvalue weighted by Gasteiger charge is 2.32. The van der Waals surface area contributed by atoms with E-state index in [0.29, 0.717) is 10.6 Å². The molecule has 1 N–H and O–H groups in total. The van der Waals surface area contributed by atoms with Crippen LogP contribution in [-0.4, -0.2) is 22.2 Å². The summed E-state index contributed by atoms with van der Waals surface area (Å²) in [7, 11) is 0. The van der Waals surface area contributed by atoms with Crippen LogP contribution in [0.15, 0.2) is 24.3 Å². The normalized spacial score (nSPS) is 13.1. The van der Waals surface area contributed by atoms with Crippen LogP contribution < -0.4 is 0 Å². The van der Waals surface area contributed by atoms with Gasteiger partial charge in [0.15, 0.2) is 5.78 Å². The second-order valence-corrected chi connectivity index (χ2v) is 6.12. The molecule has 0 bridgehead atoms. The van der Waals surface area contributed by atoms with E-state index in [4.69, 9.17) is 28.3 Å². The lowest BCUT2D eigenvalue weighted by molar-refractivity contribution is -0.139. The number of carbonyl (C=O) groups is 2. The SMILES string of the molecule is CC(C)(CC(=O)O)C(Cl)CC(=O)c1ccc(Cl)cc1. The Morgan fingerprint density at radius 1 is 1.26 bits per heavy atom. The largest absolute Gasteiger partial charge is 0.481 e. The van der Waals surface area contributed by atoms with E-state index in [1.54, 1.807) is 38.1 Å². The molecule has 0 saturated carbocycles. The number of alkyl halides is 1. The van der Waals surface area contributed by atoms with Gasteiger partial charge in [0.05, 0.1) is 6.42 Å². The maximum atomic E-state index is 12.0. The van der Waals surface area contributed by atoms with Crippen LogP contribution in [-0.2, 0) is 4.79 Å². The highest BCUT2D eigenvalue weighted by atomic mass is 35.5. The van der Waals surface area contributed by atoms with Gasteiger partial charge in [0.25, 0.3) is 0 Å². The summed E-state index contributed by atoms with van der Waals surface area (Å²) >= 11 is 11.9. The zero-order valence-corrected chi connectivity index (χ0v) is 12.3. The van der Waals surface area contributed by atoms with Crippen LogP contribution in [0.3, 0.4) is 0 Å². The average molecular weight is 303 g/mol. The topological polar surface area (TPSA) is 54.4 Å². The predicted molar refractivity (Wildman–Crippen MR) is 76.1 cm³/mol. The molecular weight excluding hydrogens is 287 g/mol. The lowest BCUT2D eigenvalue weighted by Gasteiger charge is -2.27. The first-order valence-electron chi connectivity index (χ1n) is 5.87. The first-order valence-corrected chi connectivity index (χ1v) is 6.68. The lowest BCUT2D eigenvalue weighted by atomic mass is 9.82. The molecular formula is C14H16Cl2O3. The third-order valence-corrected chi connectivity index (χ3v) is 3.98.